The topological polar surface area (TPSA) is 66.1 Å². The van der Waals surface area contributed by atoms with Gasteiger partial charge in [-0.1, -0.05) is 0 Å². The predicted octanol–water partition coefficient (Wildman–Crippen LogP) is 1.72. The molecule has 2 heterocycles. The number of hydrogen-bond donors (Lipinski definition) is 1. The van der Waals surface area contributed by atoms with E-state index >= 15 is 0 Å². The van der Waals surface area contributed by atoms with Crippen molar-refractivity contribution in [2.24, 2.45) is 0 Å². The number of alkyl halides is 2. The van der Waals surface area contributed by atoms with Crippen LogP contribution in [0.3, 0.4) is 0 Å². The molecular formula is C15H11F4N3O2. The van der Waals surface area contributed by atoms with Crippen LogP contribution >= 0.6 is 0 Å². The van der Waals surface area contributed by atoms with Crippen molar-refractivity contribution in [2.45, 2.75) is 18.9 Å². The number of aromatic nitrogens is 2. The summed E-state index contributed by atoms with van der Waals surface area (Å²) in [6.07, 6.45) is 1.16. The smallest absolute Gasteiger partial charge is 0.331 e. The van der Waals surface area contributed by atoms with Gasteiger partial charge in [-0.2, -0.15) is 8.78 Å². The number of nitrogens with zero attached hydrogens (tertiary/aromatic N) is 2. The normalized spacial score (nSPS) is 14.4. The molecule has 1 aliphatic rings. The molecule has 24 heavy (non-hydrogen) atoms. The largest absolute Gasteiger partial charge is 0.352 e. The Morgan fingerprint density at radius 1 is 1.29 bits per heavy atom. The minimum absolute atomic E-state index is 0.0476. The summed E-state index contributed by atoms with van der Waals surface area (Å²) in [6.45, 7) is -0.447. The van der Waals surface area contributed by atoms with Crippen LogP contribution in [0.15, 0.2) is 29.3 Å². The molecule has 0 saturated carbocycles. The molecule has 0 unspecified atom stereocenters. The van der Waals surface area contributed by atoms with Gasteiger partial charge in [0.15, 0.2) is 0 Å². The first-order valence-corrected chi connectivity index (χ1v) is 6.99. The third-order valence-corrected chi connectivity index (χ3v) is 3.83. The maximum absolute atomic E-state index is 14.3. The van der Waals surface area contributed by atoms with Crippen LogP contribution in [0.1, 0.15) is 16.8 Å². The number of amides is 1. The molecule has 9 heteroatoms. The van der Waals surface area contributed by atoms with Crippen molar-refractivity contribution in [3.05, 3.63) is 63.3 Å². The first-order chi connectivity index (χ1) is 11.3. The zero-order chi connectivity index (χ0) is 17.5. The maximum Gasteiger partial charge on any atom is 0.352 e. The highest BCUT2D eigenvalue weighted by Gasteiger charge is 2.47. The van der Waals surface area contributed by atoms with Crippen molar-refractivity contribution in [2.75, 3.05) is 6.54 Å². The highest BCUT2D eigenvalue weighted by molar-refractivity contribution is 5.85. The molecule has 0 fully saturated rings. The summed E-state index contributed by atoms with van der Waals surface area (Å²) in [5.41, 5.74) is -1.19. The number of halogens is 4. The van der Waals surface area contributed by atoms with Crippen LogP contribution in [0.25, 0.3) is 0 Å². The molecule has 0 aliphatic carbocycles. The second-order valence-corrected chi connectivity index (χ2v) is 5.33. The Bertz CT molecular complexity index is 866. The molecule has 1 aromatic carbocycles. The van der Waals surface area contributed by atoms with Crippen molar-refractivity contribution in [1.82, 2.24) is 14.9 Å². The van der Waals surface area contributed by atoms with Gasteiger partial charge in [-0.3, -0.25) is 9.59 Å². The Labute approximate surface area is 132 Å². The highest BCUT2D eigenvalue weighted by atomic mass is 19.3. The summed E-state index contributed by atoms with van der Waals surface area (Å²) in [5.74, 6) is -8.34. The number of hydrogen-bond acceptors (Lipinski definition) is 3. The molecule has 2 aromatic rings. The molecular weight excluding hydrogens is 330 g/mol. The summed E-state index contributed by atoms with van der Waals surface area (Å²) >= 11 is 0. The lowest BCUT2D eigenvalue weighted by Gasteiger charge is -2.30. The van der Waals surface area contributed by atoms with E-state index in [1.807, 2.05) is 0 Å². The van der Waals surface area contributed by atoms with E-state index < -0.39 is 34.6 Å². The van der Waals surface area contributed by atoms with E-state index in [9.17, 15) is 27.2 Å². The van der Waals surface area contributed by atoms with Gasteiger partial charge in [0.05, 0.1) is 24.1 Å². The molecule has 0 spiro atoms. The minimum atomic E-state index is -4.23. The van der Waals surface area contributed by atoms with Gasteiger partial charge in [-0.15, -0.1) is 0 Å². The van der Waals surface area contributed by atoms with E-state index in [1.165, 1.54) is 0 Å². The lowest BCUT2D eigenvalue weighted by atomic mass is 10.0. The first-order valence-electron chi connectivity index (χ1n) is 6.99. The molecule has 3 rings (SSSR count). The van der Waals surface area contributed by atoms with Crippen molar-refractivity contribution in [3.8, 4) is 0 Å². The summed E-state index contributed by atoms with van der Waals surface area (Å²) < 4.78 is 55.4. The lowest BCUT2D eigenvalue weighted by molar-refractivity contribution is -0.160. The summed E-state index contributed by atoms with van der Waals surface area (Å²) in [6, 6.07) is 1.53. The van der Waals surface area contributed by atoms with E-state index in [-0.39, 0.29) is 25.2 Å². The number of fused-ring (bicyclic) bond motifs is 1. The number of aromatic amines is 1. The lowest BCUT2D eigenvalue weighted by Crippen LogP contribution is -2.46. The van der Waals surface area contributed by atoms with Crippen LogP contribution in [0.2, 0.25) is 0 Å². The van der Waals surface area contributed by atoms with Crippen molar-refractivity contribution in [1.29, 1.82) is 0 Å². The molecule has 0 atom stereocenters. The highest BCUT2D eigenvalue weighted by Crippen LogP contribution is 2.33. The van der Waals surface area contributed by atoms with Crippen molar-refractivity contribution in [3.63, 3.8) is 0 Å². The van der Waals surface area contributed by atoms with Crippen LogP contribution in [0, 0.1) is 11.6 Å². The molecule has 1 aliphatic heterocycles. The molecule has 0 radical (unpaired) electrons. The number of H-pyrrole nitrogens is 1. The van der Waals surface area contributed by atoms with Crippen LogP contribution in [0.5, 0.6) is 0 Å². The molecule has 0 bridgehead atoms. The zero-order valence-corrected chi connectivity index (χ0v) is 12.2. The average Bonchev–Trinajstić information content (AvgIpc) is 2.56. The van der Waals surface area contributed by atoms with Crippen LogP contribution < -0.4 is 5.56 Å². The molecule has 126 valence electrons. The second-order valence-electron chi connectivity index (χ2n) is 5.33. The minimum Gasteiger partial charge on any atom is -0.331 e. The second kappa shape index (κ2) is 5.73. The number of carbonyl (C=O) groups excluding carboxylic acids is 1. The maximum atomic E-state index is 14.3. The van der Waals surface area contributed by atoms with Crippen LogP contribution in [0.4, 0.5) is 17.6 Å². The molecule has 1 amide bonds. The van der Waals surface area contributed by atoms with E-state index in [0.717, 1.165) is 11.2 Å². The number of benzene rings is 1. The Morgan fingerprint density at radius 2 is 2.04 bits per heavy atom. The van der Waals surface area contributed by atoms with Gasteiger partial charge >= 0.3 is 5.92 Å². The number of rotatable bonds is 2. The zero-order valence-electron chi connectivity index (χ0n) is 12.2. The Balaban J connectivity index is 1.91. The fourth-order valence-corrected chi connectivity index (χ4v) is 2.59. The third-order valence-electron chi connectivity index (χ3n) is 3.83. The SMILES string of the molecule is O=C(N1CCc2c(nc[nH]c2=O)C1)C(F)(F)c1cc(F)ccc1F. The molecule has 1 N–H and O–H groups in total. The van der Waals surface area contributed by atoms with Crippen LogP contribution in [-0.2, 0) is 23.7 Å². The number of nitrogens with one attached hydrogen (secondary N) is 1. The van der Waals surface area contributed by atoms with Crippen molar-refractivity contribution < 1.29 is 22.4 Å². The van der Waals surface area contributed by atoms with E-state index in [0.29, 0.717) is 23.8 Å². The fraction of sp³-hybridized carbons (Fsp3) is 0.267. The van der Waals surface area contributed by atoms with Gasteiger partial charge in [0.25, 0.3) is 11.5 Å². The molecule has 1 aromatic heterocycles. The summed E-state index contributed by atoms with van der Waals surface area (Å²) in [7, 11) is 0. The molecule has 5 nitrogen and oxygen atoms in total. The third kappa shape index (κ3) is 2.66. The van der Waals surface area contributed by atoms with Gasteiger partial charge in [0.2, 0.25) is 0 Å². The van der Waals surface area contributed by atoms with Gasteiger partial charge in [-0.05, 0) is 24.6 Å². The van der Waals surface area contributed by atoms with Gasteiger partial charge in [0, 0.05) is 12.1 Å². The Hall–Kier alpha value is -2.71. The van der Waals surface area contributed by atoms with E-state index in [2.05, 4.69) is 9.97 Å². The number of carbonyl (C=O) groups is 1. The monoisotopic (exact) mass is 341 g/mol. The van der Waals surface area contributed by atoms with Gasteiger partial charge in [-0.25, -0.2) is 13.8 Å². The Kier molecular flexibility index (Phi) is 3.86. The summed E-state index contributed by atoms with van der Waals surface area (Å²) in [4.78, 5) is 30.8. The Morgan fingerprint density at radius 3 is 2.79 bits per heavy atom. The summed E-state index contributed by atoms with van der Waals surface area (Å²) in [5, 5.41) is 0. The fourth-order valence-electron chi connectivity index (χ4n) is 2.59. The van der Waals surface area contributed by atoms with Crippen molar-refractivity contribution >= 4 is 5.91 Å². The van der Waals surface area contributed by atoms with E-state index in [1.54, 1.807) is 0 Å². The van der Waals surface area contributed by atoms with Gasteiger partial charge in [0.1, 0.15) is 11.6 Å². The average molecular weight is 341 g/mol. The standard InChI is InChI=1S/C15H11F4N3O2/c16-8-1-2-11(17)10(5-8)15(18,19)14(24)22-4-3-9-12(6-22)20-7-21-13(9)23/h1-2,5,7H,3-4,6H2,(H,20,21,23). The first kappa shape index (κ1) is 16.2. The quantitative estimate of drug-likeness (QED) is 0.846. The molecule has 0 saturated heterocycles. The van der Waals surface area contributed by atoms with Crippen LogP contribution in [-0.4, -0.2) is 27.3 Å². The predicted molar refractivity (Wildman–Crippen MR) is 74.2 cm³/mol. The van der Waals surface area contributed by atoms with E-state index in [4.69, 9.17) is 0 Å². The van der Waals surface area contributed by atoms with Gasteiger partial charge < -0.3 is 9.88 Å².